The number of non-ortho nitro benzene ring substituents is 1. The molecule has 6 nitrogen and oxygen atoms in total. The van der Waals surface area contributed by atoms with Crippen LogP contribution in [0.15, 0.2) is 78.9 Å². The maximum atomic E-state index is 13.1. The van der Waals surface area contributed by atoms with Gasteiger partial charge in [-0.1, -0.05) is 48.5 Å². The van der Waals surface area contributed by atoms with Crippen LogP contribution in [0.2, 0.25) is 0 Å². The lowest BCUT2D eigenvalue weighted by molar-refractivity contribution is -0.384. The van der Waals surface area contributed by atoms with Gasteiger partial charge >= 0.3 is 0 Å². The van der Waals surface area contributed by atoms with Crippen molar-refractivity contribution in [3.05, 3.63) is 100 Å². The summed E-state index contributed by atoms with van der Waals surface area (Å²) in [6, 6.07) is 22.5. The van der Waals surface area contributed by atoms with Crippen molar-refractivity contribution >= 4 is 28.9 Å². The van der Waals surface area contributed by atoms with Crippen LogP contribution >= 0.6 is 0 Å². The van der Waals surface area contributed by atoms with E-state index in [1.807, 2.05) is 43.3 Å². The highest BCUT2D eigenvalue weighted by Crippen LogP contribution is 2.24. The molecule has 0 saturated carbocycles. The molecular weight excluding hydrogens is 368 g/mol. The summed E-state index contributed by atoms with van der Waals surface area (Å²) in [6.45, 7) is 2.42. The molecular formula is C23H20N2O4. The number of benzene rings is 3. The van der Waals surface area contributed by atoms with E-state index in [0.29, 0.717) is 34.7 Å². The molecule has 0 heterocycles. The van der Waals surface area contributed by atoms with Crippen molar-refractivity contribution in [1.29, 1.82) is 0 Å². The molecule has 0 saturated heterocycles. The van der Waals surface area contributed by atoms with Crippen LogP contribution in [0.3, 0.4) is 0 Å². The van der Waals surface area contributed by atoms with Crippen molar-refractivity contribution in [3.8, 4) is 5.75 Å². The molecule has 3 aromatic rings. The number of nitro benzene ring substituents is 1. The summed E-state index contributed by atoms with van der Waals surface area (Å²) in [5, 5.41) is 13.9. The largest absolute Gasteiger partial charge is 0.494 e. The van der Waals surface area contributed by atoms with E-state index in [2.05, 4.69) is 5.32 Å². The van der Waals surface area contributed by atoms with Gasteiger partial charge in [-0.25, -0.2) is 0 Å². The first-order valence-corrected chi connectivity index (χ1v) is 9.12. The van der Waals surface area contributed by atoms with Gasteiger partial charge in [-0.15, -0.1) is 0 Å². The van der Waals surface area contributed by atoms with Gasteiger partial charge in [0.25, 0.3) is 11.6 Å². The molecule has 0 aromatic heterocycles. The average Bonchev–Trinajstić information content (AvgIpc) is 2.73. The lowest BCUT2D eigenvalue weighted by Crippen LogP contribution is -2.13. The predicted molar refractivity (Wildman–Crippen MR) is 114 cm³/mol. The Hall–Kier alpha value is -3.93. The molecule has 3 rings (SSSR count). The highest BCUT2D eigenvalue weighted by molar-refractivity contribution is 6.29. The molecule has 1 N–H and O–H groups in total. The summed E-state index contributed by atoms with van der Waals surface area (Å²) < 4.78 is 5.47. The number of rotatable bonds is 7. The number of anilines is 1. The molecule has 0 unspecified atom stereocenters. The first kappa shape index (κ1) is 19.8. The molecule has 0 radical (unpaired) electrons. The maximum Gasteiger partial charge on any atom is 0.270 e. The van der Waals surface area contributed by atoms with Gasteiger partial charge in [-0.2, -0.15) is 0 Å². The van der Waals surface area contributed by atoms with Crippen LogP contribution < -0.4 is 10.1 Å². The fourth-order valence-corrected chi connectivity index (χ4v) is 2.82. The summed E-state index contributed by atoms with van der Waals surface area (Å²) in [7, 11) is 0. The highest BCUT2D eigenvalue weighted by Gasteiger charge is 2.14. The summed E-state index contributed by atoms with van der Waals surface area (Å²) >= 11 is 0. The molecule has 6 heteroatoms. The monoisotopic (exact) mass is 388 g/mol. The van der Waals surface area contributed by atoms with Crippen molar-refractivity contribution < 1.29 is 14.5 Å². The van der Waals surface area contributed by atoms with E-state index in [9.17, 15) is 14.9 Å². The van der Waals surface area contributed by atoms with Crippen molar-refractivity contribution in [2.24, 2.45) is 0 Å². The molecule has 0 spiro atoms. The van der Waals surface area contributed by atoms with E-state index < -0.39 is 4.92 Å². The van der Waals surface area contributed by atoms with E-state index in [0.717, 1.165) is 0 Å². The molecule has 0 fully saturated rings. The highest BCUT2D eigenvalue weighted by atomic mass is 16.6. The first-order chi connectivity index (χ1) is 14.1. The van der Waals surface area contributed by atoms with Gasteiger partial charge in [0.1, 0.15) is 5.75 Å². The van der Waals surface area contributed by atoms with Crippen LogP contribution in [0.1, 0.15) is 18.1 Å². The van der Waals surface area contributed by atoms with Gasteiger partial charge in [-0.3, -0.25) is 14.9 Å². The summed E-state index contributed by atoms with van der Waals surface area (Å²) in [5.41, 5.74) is 2.24. The maximum absolute atomic E-state index is 13.1. The summed E-state index contributed by atoms with van der Waals surface area (Å²) in [5.74, 6) is 0.338. The molecule has 0 aliphatic carbocycles. The normalized spacial score (nSPS) is 11.0. The Labute approximate surface area is 168 Å². The summed E-state index contributed by atoms with van der Waals surface area (Å²) in [4.78, 5) is 23.7. The number of nitrogens with one attached hydrogen (secondary N) is 1. The molecule has 0 aliphatic heterocycles. The van der Waals surface area contributed by atoms with Gasteiger partial charge in [-0.05, 0) is 36.3 Å². The van der Waals surface area contributed by atoms with Crippen LogP contribution in [0.4, 0.5) is 11.4 Å². The second-order valence-electron chi connectivity index (χ2n) is 6.19. The Balaban J connectivity index is 1.96. The van der Waals surface area contributed by atoms with Crippen molar-refractivity contribution in [1.82, 2.24) is 0 Å². The minimum absolute atomic E-state index is 0.0315. The van der Waals surface area contributed by atoms with E-state index in [1.165, 1.54) is 12.1 Å². The zero-order valence-electron chi connectivity index (χ0n) is 15.9. The number of hydrogen-bond acceptors (Lipinski definition) is 4. The van der Waals surface area contributed by atoms with Crippen LogP contribution in [-0.2, 0) is 4.79 Å². The second kappa shape index (κ2) is 9.32. The fourth-order valence-electron chi connectivity index (χ4n) is 2.82. The SMILES string of the molecule is CCOc1cccc(NC(=O)/C(=C/c2cccc([N+](=O)[O-])c2)c2ccccc2)c1. The smallest absolute Gasteiger partial charge is 0.270 e. The molecule has 0 atom stereocenters. The lowest BCUT2D eigenvalue weighted by atomic mass is 10.0. The van der Waals surface area contributed by atoms with Gasteiger partial charge in [0.2, 0.25) is 0 Å². The molecule has 1 amide bonds. The topological polar surface area (TPSA) is 81.5 Å². The average molecular weight is 388 g/mol. The Bertz CT molecular complexity index is 1050. The van der Waals surface area contributed by atoms with Crippen molar-refractivity contribution in [3.63, 3.8) is 0 Å². The minimum atomic E-state index is -0.459. The van der Waals surface area contributed by atoms with E-state index >= 15 is 0 Å². The summed E-state index contributed by atoms with van der Waals surface area (Å²) in [6.07, 6.45) is 1.64. The Morgan fingerprint density at radius 3 is 2.52 bits per heavy atom. The van der Waals surface area contributed by atoms with E-state index in [4.69, 9.17) is 4.74 Å². The fraction of sp³-hybridized carbons (Fsp3) is 0.0870. The van der Waals surface area contributed by atoms with E-state index in [-0.39, 0.29) is 11.6 Å². The molecule has 3 aromatic carbocycles. The molecule has 146 valence electrons. The van der Waals surface area contributed by atoms with Gasteiger partial charge in [0.15, 0.2) is 0 Å². The van der Waals surface area contributed by atoms with Gasteiger partial charge < -0.3 is 10.1 Å². The Morgan fingerprint density at radius 1 is 1.03 bits per heavy atom. The van der Waals surface area contributed by atoms with Crippen molar-refractivity contribution in [2.45, 2.75) is 6.92 Å². The number of ether oxygens (including phenoxy) is 1. The third-order valence-corrected chi connectivity index (χ3v) is 4.12. The quantitative estimate of drug-likeness (QED) is 0.262. The zero-order chi connectivity index (χ0) is 20.6. The van der Waals surface area contributed by atoms with Crippen LogP contribution in [-0.4, -0.2) is 17.4 Å². The van der Waals surface area contributed by atoms with Gasteiger partial charge in [0.05, 0.1) is 11.5 Å². The first-order valence-electron chi connectivity index (χ1n) is 9.12. The molecule has 29 heavy (non-hydrogen) atoms. The number of carbonyl (C=O) groups excluding carboxylic acids is 1. The number of amides is 1. The zero-order valence-corrected chi connectivity index (χ0v) is 15.9. The Morgan fingerprint density at radius 2 is 1.79 bits per heavy atom. The second-order valence-corrected chi connectivity index (χ2v) is 6.19. The molecule has 0 bridgehead atoms. The number of hydrogen-bond donors (Lipinski definition) is 1. The molecule has 0 aliphatic rings. The third-order valence-electron chi connectivity index (χ3n) is 4.12. The van der Waals surface area contributed by atoms with Crippen LogP contribution in [0.5, 0.6) is 5.75 Å². The third kappa shape index (κ3) is 5.29. The number of nitrogens with zero attached hydrogens (tertiary/aromatic N) is 1. The minimum Gasteiger partial charge on any atom is -0.494 e. The van der Waals surface area contributed by atoms with Gasteiger partial charge in [0, 0.05) is 29.5 Å². The number of nitro groups is 1. The lowest BCUT2D eigenvalue weighted by Gasteiger charge is -2.11. The number of carbonyl (C=O) groups is 1. The van der Waals surface area contributed by atoms with Crippen LogP contribution in [0.25, 0.3) is 11.6 Å². The van der Waals surface area contributed by atoms with E-state index in [1.54, 1.807) is 36.4 Å². The van der Waals surface area contributed by atoms with Crippen molar-refractivity contribution in [2.75, 3.05) is 11.9 Å². The standard InChI is InChI=1S/C23H20N2O4/c1-2-29-21-13-7-11-19(16-21)24-23(26)22(18-9-4-3-5-10-18)15-17-8-6-12-20(14-17)25(27)28/h3-16H,2H2,1H3,(H,24,26)/b22-15+. The Kier molecular flexibility index (Phi) is 6.37. The predicted octanol–water partition coefficient (Wildman–Crippen LogP) is 5.17. The van der Waals surface area contributed by atoms with Crippen LogP contribution in [0, 0.1) is 10.1 Å².